The predicted molar refractivity (Wildman–Crippen MR) is 75.0 cm³/mol. The molecule has 90 valence electrons. The SMILES string of the molecule is CCc1cnccc1-c1nc(Cl)c2ccsc2n1. The van der Waals surface area contributed by atoms with Crippen molar-refractivity contribution in [3.8, 4) is 11.4 Å². The molecule has 0 saturated carbocycles. The number of nitrogens with zero attached hydrogens (tertiary/aromatic N) is 3. The van der Waals surface area contributed by atoms with Crippen molar-refractivity contribution >= 4 is 33.2 Å². The third-order valence-corrected chi connectivity index (χ3v) is 3.90. The van der Waals surface area contributed by atoms with Gasteiger partial charge in [-0.1, -0.05) is 18.5 Å². The Morgan fingerprint density at radius 2 is 2.17 bits per heavy atom. The van der Waals surface area contributed by atoms with Gasteiger partial charge in [-0.3, -0.25) is 4.98 Å². The van der Waals surface area contributed by atoms with Crippen LogP contribution in [0.5, 0.6) is 0 Å². The average molecular weight is 276 g/mol. The highest BCUT2D eigenvalue weighted by Crippen LogP contribution is 2.29. The standard InChI is InChI=1S/C13H10ClN3S/c1-2-8-7-15-5-3-9(8)12-16-11(14)10-4-6-18-13(10)17-12/h3-7H,2H2,1H3. The number of aryl methyl sites for hydroxylation is 1. The van der Waals surface area contributed by atoms with Crippen LogP contribution in [0.15, 0.2) is 29.9 Å². The summed E-state index contributed by atoms with van der Waals surface area (Å²) in [6, 6.07) is 3.88. The quantitative estimate of drug-likeness (QED) is 0.664. The maximum Gasteiger partial charge on any atom is 0.162 e. The summed E-state index contributed by atoms with van der Waals surface area (Å²) < 4.78 is 0. The maximum absolute atomic E-state index is 6.19. The molecule has 0 aliphatic heterocycles. The highest BCUT2D eigenvalue weighted by atomic mass is 35.5. The van der Waals surface area contributed by atoms with E-state index < -0.39 is 0 Å². The molecule has 0 radical (unpaired) electrons. The number of pyridine rings is 1. The van der Waals surface area contributed by atoms with Gasteiger partial charge in [-0.2, -0.15) is 0 Å². The number of rotatable bonds is 2. The van der Waals surface area contributed by atoms with Crippen LogP contribution in [-0.2, 0) is 6.42 Å². The third-order valence-electron chi connectivity index (χ3n) is 2.80. The molecule has 0 amide bonds. The molecule has 0 spiro atoms. The van der Waals surface area contributed by atoms with Gasteiger partial charge in [0.25, 0.3) is 0 Å². The average Bonchev–Trinajstić information content (AvgIpc) is 2.87. The first-order chi connectivity index (χ1) is 8.79. The normalized spacial score (nSPS) is 11.0. The van der Waals surface area contributed by atoms with Crippen molar-refractivity contribution in [3.63, 3.8) is 0 Å². The molecule has 3 heterocycles. The molecular weight excluding hydrogens is 266 g/mol. The fourth-order valence-corrected chi connectivity index (χ4v) is 2.92. The molecule has 0 atom stereocenters. The summed E-state index contributed by atoms with van der Waals surface area (Å²) in [7, 11) is 0. The van der Waals surface area contributed by atoms with Gasteiger partial charge in [0.05, 0.1) is 0 Å². The molecule has 3 aromatic heterocycles. The summed E-state index contributed by atoms with van der Waals surface area (Å²) in [5.74, 6) is 0.675. The molecule has 3 aromatic rings. The zero-order chi connectivity index (χ0) is 12.5. The summed E-state index contributed by atoms with van der Waals surface area (Å²) in [6.07, 6.45) is 4.50. The van der Waals surface area contributed by atoms with E-state index in [1.54, 1.807) is 17.5 Å². The van der Waals surface area contributed by atoms with Crippen molar-refractivity contribution in [2.24, 2.45) is 0 Å². The lowest BCUT2D eigenvalue weighted by Crippen LogP contribution is -1.94. The summed E-state index contributed by atoms with van der Waals surface area (Å²) in [4.78, 5) is 14.0. The molecule has 0 aliphatic rings. The fraction of sp³-hybridized carbons (Fsp3) is 0.154. The van der Waals surface area contributed by atoms with E-state index in [9.17, 15) is 0 Å². The van der Waals surface area contributed by atoms with Crippen LogP contribution in [0.4, 0.5) is 0 Å². The molecule has 0 saturated heterocycles. The minimum Gasteiger partial charge on any atom is -0.264 e. The van der Waals surface area contributed by atoms with Crippen LogP contribution in [0, 0.1) is 0 Å². The van der Waals surface area contributed by atoms with Gasteiger partial charge >= 0.3 is 0 Å². The van der Waals surface area contributed by atoms with Crippen LogP contribution in [-0.4, -0.2) is 15.0 Å². The summed E-state index contributed by atoms with van der Waals surface area (Å²) in [5.41, 5.74) is 2.13. The first kappa shape index (κ1) is 11.6. The van der Waals surface area contributed by atoms with Gasteiger partial charge in [-0.25, -0.2) is 9.97 Å². The minimum atomic E-state index is 0.509. The number of aromatic nitrogens is 3. The third kappa shape index (κ3) is 1.87. The molecule has 0 N–H and O–H groups in total. The lowest BCUT2D eigenvalue weighted by atomic mass is 10.1. The maximum atomic E-state index is 6.19. The van der Waals surface area contributed by atoms with Crippen LogP contribution < -0.4 is 0 Å². The zero-order valence-corrected chi connectivity index (χ0v) is 11.3. The van der Waals surface area contributed by atoms with Gasteiger partial charge in [0, 0.05) is 23.3 Å². The summed E-state index contributed by atoms with van der Waals surface area (Å²) >= 11 is 7.76. The van der Waals surface area contributed by atoms with Gasteiger partial charge in [0.2, 0.25) is 0 Å². The first-order valence-electron chi connectivity index (χ1n) is 5.63. The molecule has 5 heteroatoms. The van der Waals surface area contributed by atoms with E-state index in [0.717, 1.165) is 27.8 Å². The molecule has 0 unspecified atom stereocenters. The van der Waals surface area contributed by atoms with E-state index in [-0.39, 0.29) is 0 Å². The molecule has 18 heavy (non-hydrogen) atoms. The Kier molecular flexibility index (Phi) is 2.97. The Balaban J connectivity index is 2.25. The molecule has 0 aliphatic carbocycles. The lowest BCUT2D eigenvalue weighted by molar-refractivity contribution is 1.09. The summed E-state index contributed by atoms with van der Waals surface area (Å²) in [6.45, 7) is 2.09. The van der Waals surface area contributed by atoms with E-state index in [1.807, 2.05) is 23.7 Å². The van der Waals surface area contributed by atoms with Crippen molar-refractivity contribution < 1.29 is 0 Å². The number of hydrogen-bond acceptors (Lipinski definition) is 4. The van der Waals surface area contributed by atoms with Gasteiger partial charge in [0.15, 0.2) is 5.82 Å². The molecule has 3 rings (SSSR count). The Labute approximate surface area is 114 Å². The van der Waals surface area contributed by atoms with E-state index in [1.165, 1.54) is 0 Å². The first-order valence-corrected chi connectivity index (χ1v) is 6.89. The Hall–Kier alpha value is -1.52. The molecule has 0 fully saturated rings. The van der Waals surface area contributed by atoms with Crippen molar-refractivity contribution in [2.75, 3.05) is 0 Å². The second-order valence-corrected chi connectivity index (χ2v) is 5.12. The monoisotopic (exact) mass is 275 g/mol. The number of thiophene rings is 1. The van der Waals surface area contributed by atoms with E-state index in [4.69, 9.17) is 11.6 Å². The van der Waals surface area contributed by atoms with Gasteiger partial charge in [-0.15, -0.1) is 11.3 Å². The molecule has 0 bridgehead atoms. The number of fused-ring (bicyclic) bond motifs is 1. The Morgan fingerprint density at radius 1 is 1.28 bits per heavy atom. The van der Waals surface area contributed by atoms with Crippen LogP contribution in [0.25, 0.3) is 21.6 Å². The molecule has 0 aromatic carbocycles. The second kappa shape index (κ2) is 4.63. The fourth-order valence-electron chi connectivity index (χ4n) is 1.87. The largest absolute Gasteiger partial charge is 0.264 e. The highest BCUT2D eigenvalue weighted by Gasteiger charge is 2.11. The molecular formula is C13H10ClN3S. The Bertz CT molecular complexity index is 708. The topological polar surface area (TPSA) is 38.7 Å². The Morgan fingerprint density at radius 3 is 3.00 bits per heavy atom. The predicted octanol–water partition coefficient (Wildman–Crippen LogP) is 3.97. The van der Waals surface area contributed by atoms with Gasteiger partial charge in [-0.05, 0) is 29.5 Å². The van der Waals surface area contributed by atoms with Crippen LogP contribution in [0.1, 0.15) is 12.5 Å². The van der Waals surface area contributed by atoms with E-state index in [0.29, 0.717) is 11.0 Å². The van der Waals surface area contributed by atoms with Gasteiger partial charge < -0.3 is 0 Å². The van der Waals surface area contributed by atoms with Crippen molar-refractivity contribution in [1.82, 2.24) is 15.0 Å². The highest BCUT2D eigenvalue weighted by molar-refractivity contribution is 7.16. The summed E-state index contributed by atoms with van der Waals surface area (Å²) in [5, 5.41) is 3.40. The van der Waals surface area contributed by atoms with E-state index >= 15 is 0 Å². The van der Waals surface area contributed by atoms with Crippen LogP contribution in [0.2, 0.25) is 5.15 Å². The van der Waals surface area contributed by atoms with E-state index in [2.05, 4.69) is 21.9 Å². The van der Waals surface area contributed by atoms with Gasteiger partial charge in [0.1, 0.15) is 9.98 Å². The minimum absolute atomic E-state index is 0.509. The van der Waals surface area contributed by atoms with Crippen LogP contribution >= 0.6 is 22.9 Å². The number of hydrogen-bond donors (Lipinski definition) is 0. The smallest absolute Gasteiger partial charge is 0.162 e. The number of halogens is 1. The van der Waals surface area contributed by atoms with Crippen LogP contribution in [0.3, 0.4) is 0 Å². The van der Waals surface area contributed by atoms with Crippen molar-refractivity contribution in [3.05, 3.63) is 40.6 Å². The zero-order valence-electron chi connectivity index (χ0n) is 9.72. The lowest BCUT2D eigenvalue weighted by Gasteiger charge is -2.06. The molecule has 3 nitrogen and oxygen atoms in total. The second-order valence-electron chi connectivity index (χ2n) is 3.86. The van der Waals surface area contributed by atoms with Crippen molar-refractivity contribution in [1.29, 1.82) is 0 Å². The van der Waals surface area contributed by atoms with Crippen molar-refractivity contribution in [2.45, 2.75) is 13.3 Å².